The zero-order valence-electron chi connectivity index (χ0n) is 7.44. The zero-order valence-corrected chi connectivity index (χ0v) is 7.44. The highest BCUT2D eigenvalue weighted by Crippen LogP contribution is 2.23. The minimum atomic E-state index is -2.83. The zero-order chi connectivity index (χ0) is 11.4. The van der Waals surface area contributed by atoms with E-state index in [1.54, 1.807) is 6.07 Å². The van der Waals surface area contributed by atoms with Gasteiger partial charge in [-0.15, -0.1) is 0 Å². The number of pyridine rings is 1. The number of nitriles is 1. The summed E-state index contributed by atoms with van der Waals surface area (Å²) in [4.78, 5) is 13.9. The summed E-state index contributed by atoms with van der Waals surface area (Å²) in [5, 5.41) is 17.1. The number of hydrogen-bond acceptors (Lipinski definition) is 3. The van der Waals surface area contributed by atoms with Crippen molar-refractivity contribution in [3.8, 4) is 6.07 Å². The maximum absolute atomic E-state index is 12.4. The van der Waals surface area contributed by atoms with Crippen molar-refractivity contribution >= 4 is 5.97 Å². The summed E-state index contributed by atoms with van der Waals surface area (Å²) in [7, 11) is 0. The average Bonchev–Trinajstić information content (AvgIpc) is 2.16. The normalized spacial score (nSPS) is 10.0. The van der Waals surface area contributed by atoms with Crippen molar-refractivity contribution < 1.29 is 18.7 Å². The Morgan fingerprint density at radius 2 is 2.27 bits per heavy atom. The first-order valence-electron chi connectivity index (χ1n) is 3.93. The van der Waals surface area contributed by atoms with Crippen LogP contribution in [0.4, 0.5) is 8.78 Å². The Labute approximate surface area is 83.8 Å². The fourth-order valence-corrected chi connectivity index (χ4v) is 1.12. The predicted octanol–water partition coefficient (Wildman–Crippen LogP) is 1.52. The molecule has 78 valence electrons. The van der Waals surface area contributed by atoms with Crippen molar-refractivity contribution in [1.82, 2.24) is 4.98 Å². The SMILES string of the molecule is N#Cc1c(CC(=O)O)cncc1C(F)F. The van der Waals surface area contributed by atoms with Crippen molar-refractivity contribution in [2.45, 2.75) is 12.8 Å². The van der Waals surface area contributed by atoms with Gasteiger partial charge < -0.3 is 5.11 Å². The third-order valence-electron chi connectivity index (χ3n) is 1.74. The molecule has 0 unspecified atom stereocenters. The molecule has 0 aromatic carbocycles. The lowest BCUT2D eigenvalue weighted by molar-refractivity contribution is -0.136. The van der Waals surface area contributed by atoms with Crippen LogP contribution in [0.15, 0.2) is 12.4 Å². The van der Waals surface area contributed by atoms with Crippen LogP contribution in [0.3, 0.4) is 0 Å². The van der Waals surface area contributed by atoms with E-state index in [-0.39, 0.29) is 11.1 Å². The molecule has 1 aromatic rings. The molecule has 1 rings (SSSR count). The number of alkyl halides is 2. The number of rotatable bonds is 3. The molecule has 0 amide bonds. The fourth-order valence-electron chi connectivity index (χ4n) is 1.12. The molecule has 0 spiro atoms. The number of aromatic nitrogens is 1. The second kappa shape index (κ2) is 4.46. The maximum atomic E-state index is 12.4. The third-order valence-corrected chi connectivity index (χ3v) is 1.74. The Hall–Kier alpha value is -2.03. The molecule has 0 saturated heterocycles. The molecular formula is C9H6F2N2O2. The Balaban J connectivity index is 3.23. The standard InChI is InChI=1S/C9H6F2N2O2/c10-9(11)7-4-13-3-5(1-8(14)15)6(7)2-12/h3-4,9H,1H2,(H,14,15). The van der Waals surface area contributed by atoms with Gasteiger partial charge in [0.2, 0.25) is 0 Å². The van der Waals surface area contributed by atoms with Crippen LogP contribution < -0.4 is 0 Å². The maximum Gasteiger partial charge on any atom is 0.307 e. The van der Waals surface area contributed by atoms with Crippen LogP contribution in [0.2, 0.25) is 0 Å². The van der Waals surface area contributed by atoms with Crippen molar-refractivity contribution in [3.05, 3.63) is 29.1 Å². The first-order valence-corrected chi connectivity index (χ1v) is 3.93. The summed E-state index contributed by atoms with van der Waals surface area (Å²) < 4.78 is 24.8. The van der Waals surface area contributed by atoms with Gasteiger partial charge in [-0.3, -0.25) is 9.78 Å². The Bertz CT molecular complexity index is 427. The lowest BCUT2D eigenvalue weighted by atomic mass is 10.0. The molecule has 1 heterocycles. The average molecular weight is 212 g/mol. The van der Waals surface area contributed by atoms with Gasteiger partial charge in [-0.05, 0) is 5.56 Å². The molecule has 1 aromatic heterocycles. The molecule has 0 atom stereocenters. The van der Waals surface area contributed by atoms with Gasteiger partial charge in [0.15, 0.2) is 0 Å². The summed E-state index contributed by atoms with van der Waals surface area (Å²) >= 11 is 0. The van der Waals surface area contributed by atoms with Gasteiger partial charge in [-0.25, -0.2) is 8.78 Å². The second-order valence-corrected chi connectivity index (χ2v) is 2.75. The van der Waals surface area contributed by atoms with Gasteiger partial charge in [0.1, 0.15) is 6.07 Å². The molecule has 0 aliphatic carbocycles. The molecule has 4 nitrogen and oxygen atoms in total. The fraction of sp³-hybridized carbons (Fsp3) is 0.222. The van der Waals surface area contributed by atoms with Gasteiger partial charge >= 0.3 is 5.97 Å². The molecule has 0 aliphatic rings. The van der Waals surface area contributed by atoms with Crippen LogP contribution in [0.25, 0.3) is 0 Å². The number of halogens is 2. The largest absolute Gasteiger partial charge is 0.481 e. The topological polar surface area (TPSA) is 74.0 Å². The molecule has 1 N–H and O–H groups in total. The van der Waals surface area contributed by atoms with E-state index in [0.717, 1.165) is 12.4 Å². The number of carboxylic acids is 1. The molecule has 0 aliphatic heterocycles. The molecule has 0 saturated carbocycles. The van der Waals surface area contributed by atoms with Gasteiger partial charge in [0.05, 0.1) is 17.5 Å². The molecule has 0 bridgehead atoms. The number of aliphatic carboxylic acids is 1. The predicted molar refractivity (Wildman–Crippen MR) is 45.2 cm³/mol. The summed E-state index contributed by atoms with van der Waals surface area (Å²) in [6.07, 6.45) is -1.34. The molecule has 0 radical (unpaired) electrons. The van der Waals surface area contributed by atoms with Crippen LogP contribution in [0.5, 0.6) is 0 Å². The van der Waals surface area contributed by atoms with Crippen LogP contribution in [-0.2, 0) is 11.2 Å². The first-order chi connectivity index (χ1) is 7.06. The summed E-state index contributed by atoms with van der Waals surface area (Å²) in [6, 6.07) is 1.57. The van der Waals surface area contributed by atoms with Gasteiger partial charge in [-0.2, -0.15) is 5.26 Å². The minimum absolute atomic E-state index is 0.00259. The highest BCUT2D eigenvalue weighted by Gasteiger charge is 2.17. The second-order valence-electron chi connectivity index (χ2n) is 2.75. The first kappa shape index (κ1) is 11.0. The van der Waals surface area contributed by atoms with Crippen LogP contribution in [0, 0.1) is 11.3 Å². The highest BCUT2D eigenvalue weighted by molar-refractivity contribution is 5.71. The van der Waals surface area contributed by atoms with E-state index in [2.05, 4.69) is 4.98 Å². The van der Waals surface area contributed by atoms with E-state index in [0.29, 0.717) is 0 Å². The summed E-state index contributed by atoms with van der Waals surface area (Å²) in [6.45, 7) is 0. The number of carboxylic acid groups (broad SMARTS) is 1. The number of hydrogen-bond donors (Lipinski definition) is 1. The van der Waals surface area contributed by atoms with Crippen LogP contribution in [-0.4, -0.2) is 16.1 Å². The van der Waals surface area contributed by atoms with Crippen molar-refractivity contribution in [1.29, 1.82) is 5.26 Å². The van der Waals surface area contributed by atoms with E-state index < -0.39 is 24.4 Å². The monoisotopic (exact) mass is 212 g/mol. The van der Waals surface area contributed by atoms with Crippen LogP contribution in [0.1, 0.15) is 23.1 Å². The summed E-state index contributed by atoms with van der Waals surface area (Å²) in [5.74, 6) is -1.19. The Morgan fingerprint density at radius 3 is 2.73 bits per heavy atom. The van der Waals surface area contributed by atoms with E-state index in [9.17, 15) is 13.6 Å². The van der Waals surface area contributed by atoms with Gasteiger partial charge in [0, 0.05) is 12.4 Å². The van der Waals surface area contributed by atoms with Gasteiger partial charge in [-0.1, -0.05) is 0 Å². The number of carbonyl (C=O) groups is 1. The smallest absolute Gasteiger partial charge is 0.307 e. The van der Waals surface area contributed by atoms with Crippen LogP contribution >= 0.6 is 0 Å². The lowest BCUT2D eigenvalue weighted by Crippen LogP contribution is -2.05. The van der Waals surface area contributed by atoms with E-state index >= 15 is 0 Å². The number of nitrogens with zero attached hydrogens (tertiary/aromatic N) is 2. The Kier molecular flexibility index (Phi) is 3.29. The van der Waals surface area contributed by atoms with Crippen molar-refractivity contribution in [2.24, 2.45) is 0 Å². The lowest BCUT2D eigenvalue weighted by Gasteiger charge is -2.05. The quantitative estimate of drug-likeness (QED) is 0.824. The Morgan fingerprint density at radius 1 is 1.60 bits per heavy atom. The van der Waals surface area contributed by atoms with Crippen molar-refractivity contribution in [2.75, 3.05) is 0 Å². The molecule has 6 heteroatoms. The van der Waals surface area contributed by atoms with E-state index in [1.165, 1.54) is 0 Å². The molecular weight excluding hydrogens is 206 g/mol. The van der Waals surface area contributed by atoms with Gasteiger partial charge in [0.25, 0.3) is 6.43 Å². The third kappa shape index (κ3) is 2.47. The molecule has 15 heavy (non-hydrogen) atoms. The van der Waals surface area contributed by atoms with Crippen molar-refractivity contribution in [3.63, 3.8) is 0 Å². The highest BCUT2D eigenvalue weighted by atomic mass is 19.3. The minimum Gasteiger partial charge on any atom is -0.481 e. The summed E-state index contributed by atoms with van der Waals surface area (Å²) in [5.41, 5.74) is -0.832. The molecule has 0 fully saturated rings. The van der Waals surface area contributed by atoms with E-state index in [4.69, 9.17) is 10.4 Å². The van der Waals surface area contributed by atoms with E-state index in [1.807, 2.05) is 0 Å².